The van der Waals surface area contributed by atoms with Crippen molar-refractivity contribution in [1.82, 2.24) is 20.3 Å². The first-order valence-corrected chi connectivity index (χ1v) is 12.8. The Bertz CT molecular complexity index is 1160. The van der Waals surface area contributed by atoms with Gasteiger partial charge in [0.25, 0.3) is 5.91 Å². The maximum absolute atomic E-state index is 13.1. The second kappa shape index (κ2) is 14.1. The normalized spacial score (nSPS) is 13.7. The van der Waals surface area contributed by atoms with Crippen LogP contribution in [-0.2, 0) is 11.3 Å². The predicted octanol–water partition coefficient (Wildman–Crippen LogP) is 5.35. The van der Waals surface area contributed by atoms with E-state index in [4.69, 9.17) is 21.5 Å². The highest BCUT2D eigenvalue weighted by molar-refractivity contribution is 6.29. The molecule has 212 valence electrons. The van der Waals surface area contributed by atoms with E-state index in [9.17, 15) is 23.2 Å². The summed E-state index contributed by atoms with van der Waals surface area (Å²) in [7, 11) is 0. The predicted molar refractivity (Wildman–Crippen MR) is 140 cm³/mol. The molecule has 0 saturated heterocycles. The lowest BCUT2D eigenvalue weighted by molar-refractivity contribution is -0.192. The van der Waals surface area contributed by atoms with Crippen LogP contribution in [0.2, 0.25) is 5.15 Å². The van der Waals surface area contributed by atoms with Crippen LogP contribution in [0.25, 0.3) is 0 Å². The van der Waals surface area contributed by atoms with Crippen molar-refractivity contribution < 1.29 is 27.9 Å². The summed E-state index contributed by atoms with van der Waals surface area (Å²) in [6.45, 7) is 9.60. The topological polar surface area (TPSA) is 122 Å². The highest BCUT2D eigenvalue weighted by Gasteiger charge is 2.38. The number of benzene rings is 1. The highest BCUT2D eigenvalue weighted by Crippen LogP contribution is 2.27. The first kappa shape index (κ1) is 31.8. The van der Waals surface area contributed by atoms with Crippen LogP contribution in [-0.4, -0.2) is 56.2 Å². The van der Waals surface area contributed by atoms with Crippen LogP contribution in [0, 0.1) is 11.3 Å². The SMILES string of the molecule is CC(C)N(Cc1ccc(C(=O)NN(c2cc(Cl)nc(C#N)n2)C2CCCC2)cc1)C(C)C.O=C(O)C(F)(F)F. The van der Waals surface area contributed by atoms with Crippen LogP contribution >= 0.6 is 11.6 Å². The molecule has 2 aromatic rings. The monoisotopic (exact) mass is 568 g/mol. The molecular weight excluding hydrogens is 537 g/mol. The molecule has 1 amide bonds. The summed E-state index contributed by atoms with van der Waals surface area (Å²) in [6.07, 6.45) is -1.05. The maximum atomic E-state index is 13.1. The summed E-state index contributed by atoms with van der Waals surface area (Å²) in [6, 6.07) is 12.2. The molecule has 39 heavy (non-hydrogen) atoms. The van der Waals surface area contributed by atoms with E-state index in [0.717, 1.165) is 37.8 Å². The van der Waals surface area contributed by atoms with Crippen molar-refractivity contribution in [3.63, 3.8) is 0 Å². The number of nitrogens with zero attached hydrogens (tertiary/aromatic N) is 5. The van der Waals surface area contributed by atoms with E-state index >= 15 is 0 Å². The second-order valence-corrected chi connectivity index (χ2v) is 9.98. The van der Waals surface area contributed by atoms with Gasteiger partial charge in [0, 0.05) is 30.3 Å². The molecule has 1 aromatic heterocycles. The Kier molecular flexibility index (Phi) is 11.5. The zero-order valence-corrected chi connectivity index (χ0v) is 22.9. The van der Waals surface area contributed by atoms with Gasteiger partial charge in [0.05, 0.1) is 6.04 Å². The molecular formula is C26H32ClF3N6O3. The first-order valence-electron chi connectivity index (χ1n) is 12.4. The van der Waals surface area contributed by atoms with Crippen molar-refractivity contribution >= 4 is 29.3 Å². The molecule has 1 heterocycles. The third-order valence-corrected chi connectivity index (χ3v) is 6.28. The standard InChI is InChI=1S/C24H31ClN6O.C2HF3O2/c1-16(2)30(17(3)4)15-18-9-11-19(12-10-18)24(32)29-31(20-7-5-6-8-20)23-13-21(25)27-22(14-26)28-23;3-2(4,5)1(6)7/h9-13,16-17,20H,5-8,15H2,1-4H3,(H,29,32);(H,6,7). The molecule has 1 aliphatic rings. The number of carboxylic acids is 1. The fourth-order valence-electron chi connectivity index (χ4n) is 4.18. The van der Waals surface area contributed by atoms with E-state index in [1.807, 2.05) is 30.3 Å². The number of aliphatic carboxylic acids is 1. The summed E-state index contributed by atoms with van der Waals surface area (Å²) in [5.41, 5.74) is 4.72. The van der Waals surface area contributed by atoms with Gasteiger partial charge in [-0.15, -0.1) is 0 Å². The third-order valence-electron chi connectivity index (χ3n) is 6.09. The molecule has 2 N–H and O–H groups in total. The summed E-state index contributed by atoms with van der Waals surface area (Å²) >= 11 is 6.09. The Morgan fingerprint density at radius 2 is 1.67 bits per heavy atom. The summed E-state index contributed by atoms with van der Waals surface area (Å²) in [5, 5.41) is 18.3. The smallest absolute Gasteiger partial charge is 0.475 e. The van der Waals surface area contributed by atoms with E-state index in [0.29, 0.717) is 23.5 Å². The molecule has 0 radical (unpaired) electrons. The number of halogens is 4. The summed E-state index contributed by atoms with van der Waals surface area (Å²) in [4.78, 5) is 32.5. The third kappa shape index (κ3) is 9.67. The molecule has 13 heteroatoms. The Balaban J connectivity index is 0.000000673. The van der Waals surface area contributed by atoms with Gasteiger partial charge in [0.1, 0.15) is 11.2 Å². The molecule has 1 saturated carbocycles. The number of carbonyl (C=O) groups excluding carboxylic acids is 1. The minimum absolute atomic E-state index is 0.0195. The quantitative estimate of drug-likeness (QED) is 0.323. The molecule has 1 fully saturated rings. The molecule has 9 nitrogen and oxygen atoms in total. The molecule has 0 bridgehead atoms. The highest BCUT2D eigenvalue weighted by atomic mass is 35.5. The Hall–Kier alpha value is -3.43. The molecule has 0 atom stereocenters. The van der Waals surface area contributed by atoms with Crippen molar-refractivity contribution in [2.24, 2.45) is 0 Å². The number of hydrogen-bond donors (Lipinski definition) is 2. The zero-order valence-electron chi connectivity index (χ0n) is 22.2. The van der Waals surface area contributed by atoms with Gasteiger partial charge in [-0.1, -0.05) is 36.6 Å². The summed E-state index contributed by atoms with van der Waals surface area (Å²) < 4.78 is 31.7. The van der Waals surface area contributed by atoms with Gasteiger partial charge in [-0.05, 0) is 58.2 Å². The van der Waals surface area contributed by atoms with Crippen LogP contribution in [0.1, 0.15) is 75.1 Å². The van der Waals surface area contributed by atoms with Gasteiger partial charge in [0.2, 0.25) is 5.82 Å². The number of anilines is 1. The molecule has 1 aromatic carbocycles. The van der Waals surface area contributed by atoms with Crippen molar-refractivity contribution in [3.05, 3.63) is 52.4 Å². The number of hydrogen-bond acceptors (Lipinski definition) is 7. The average Bonchev–Trinajstić information content (AvgIpc) is 3.39. The van der Waals surface area contributed by atoms with E-state index in [1.54, 1.807) is 11.1 Å². The average molecular weight is 569 g/mol. The fourth-order valence-corrected chi connectivity index (χ4v) is 4.36. The second-order valence-electron chi connectivity index (χ2n) is 9.59. The van der Waals surface area contributed by atoms with Gasteiger partial charge in [-0.2, -0.15) is 23.4 Å². The number of carbonyl (C=O) groups is 2. The minimum Gasteiger partial charge on any atom is -0.475 e. The molecule has 0 spiro atoms. The largest absolute Gasteiger partial charge is 0.490 e. The zero-order chi connectivity index (χ0) is 29.3. The number of hydrazine groups is 1. The van der Waals surface area contributed by atoms with Gasteiger partial charge in [-0.25, -0.2) is 9.78 Å². The Morgan fingerprint density at radius 3 is 2.13 bits per heavy atom. The van der Waals surface area contributed by atoms with Crippen LogP contribution in [0.4, 0.5) is 19.0 Å². The molecule has 3 rings (SSSR count). The number of aromatic nitrogens is 2. The van der Waals surface area contributed by atoms with E-state index in [-0.39, 0.29) is 22.9 Å². The fraction of sp³-hybridized carbons (Fsp3) is 0.500. The Labute approximate surface area is 230 Å². The van der Waals surface area contributed by atoms with Crippen molar-refractivity contribution in [1.29, 1.82) is 5.26 Å². The number of nitriles is 1. The van der Waals surface area contributed by atoms with Crippen LogP contribution in [0.3, 0.4) is 0 Å². The lowest BCUT2D eigenvalue weighted by Crippen LogP contribution is -2.48. The summed E-state index contributed by atoms with van der Waals surface area (Å²) in [5.74, 6) is -2.56. The van der Waals surface area contributed by atoms with Crippen molar-refractivity contribution in [2.45, 2.75) is 84.2 Å². The lowest BCUT2D eigenvalue weighted by Gasteiger charge is -2.31. The maximum Gasteiger partial charge on any atom is 0.490 e. The van der Waals surface area contributed by atoms with Crippen LogP contribution in [0.15, 0.2) is 30.3 Å². The molecule has 0 aliphatic heterocycles. The number of rotatable bonds is 8. The van der Waals surface area contributed by atoms with Crippen LogP contribution < -0.4 is 10.4 Å². The van der Waals surface area contributed by atoms with Gasteiger partial charge in [-0.3, -0.25) is 20.1 Å². The van der Waals surface area contributed by atoms with Crippen molar-refractivity contribution in [2.75, 3.05) is 5.01 Å². The van der Waals surface area contributed by atoms with E-state index < -0.39 is 12.1 Å². The first-order chi connectivity index (χ1) is 18.2. The Morgan fingerprint density at radius 1 is 1.13 bits per heavy atom. The van der Waals surface area contributed by atoms with Gasteiger partial charge < -0.3 is 5.11 Å². The van der Waals surface area contributed by atoms with Gasteiger partial charge >= 0.3 is 12.1 Å². The van der Waals surface area contributed by atoms with Crippen molar-refractivity contribution in [3.8, 4) is 6.07 Å². The van der Waals surface area contributed by atoms with E-state index in [2.05, 4.69) is 48.0 Å². The number of alkyl halides is 3. The lowest BCUT2D eigenvalue weighted by atomic mass is 10.1. The van der Waals surface area contributed by atoms with Crippen LogP contribution in [0.5, 0.6) is 0 Å². The number of nitrogens with one attached hydrogen (secondary N) is 1. The number of amides is 1. The van der Waals surface area contributed by atoms with E-state index in [1.165, 1.54) is 0 Å². The molecule has 1 aliphatic carbocycles. The number of carboxylic acid groups (broad SMARTS) is 1. The van der Waals surface area contributed by atoms with Gasteiger partial charge in [0.15, 0.2) is 5.82 Å². The molecule has 0 unspecified atom stereocenters. The minimum atomic E-state index is -5.08.